The maximum atomic E-state index is 9.85. The van der Waals surface area contributed by atoms with Gasteiger partial charge >= 0.3 is 0 Å². The van der Waals surface area contributed by atoms with Crippen LogP contribution < -0.4 is 5.73 Å². The molecule has 0 saturated carbocycles. The Bertz CT molecular complexity index is 304. The van der Waals surface area contributed by atoms with Gasteiger partial charge in [0, 0.05) is 6.42 Å². The Labute approximate surface area is 80.7 Å². The first-order chi connectivity index (χ1) is 6.24. The molecular weight excluding hydrogens is 192 g/mol. The van der Waals surface area contributed by atoms with Crippen molar-refractivity contribution in [3.63, 3.8) is 0 Å². The highest BCUT2D eigenvalue weighted by Crippen LogP contribution is 2.13. The molecule has 0 unspecified atom stereocenters. The highest BCUT2D eigenvalue weighted by molar-refractivity contribution is 6.29. The number of carbonyl (C=O) groups excluding carboxylic acids is 1. The second kappa shape index (κ2) is 4.67. The molecule has 4 nitrogen and oxygen atoms in total. The summed E-state index contributed by atoms with van der Waals surface area (Å²) in [6.45, 7) is 0.655. The summed E-state index contributed by atoms with van der Waals surface area (Å²) in [7, 11) is 0. The Morgan fingerprint density at radius 3 is 3.08 bits per heavy atom. The van der Waals surface area contributed by atoms with Crippen molar-refractivity contribution in [3.05, 3.63) is 23.0 Å². The number of anilines is 1. The Hall–Kier alpha value is -1.29. The Kier molecular flexibility index (Phi) is 3.52. The Morgan fingerprint density at radius 1 is 1.62 bits per heavy atom. The SMILES string of the molecule is Nc1ccc(Cl)nc1CCOC=O. The predicted octanol–water partition coefficient (Wildman–Crippen LogP) is 1.03. The summed E-state index contributed by atoms with van der Waals surface area (Å²) < 4.78 is 4.51. The van der Waals surface area contributed by atoms with Gasteiger partial charge in [0.1, 0.15) is 5.15 Å². The molecule has 0 aliphatic rings. The third-order valence-corrected chi connectivity index (χ3v) is 1.71. The van der Waals surface area contributed by atoms with Crippen LogP contribution in [0, 0.1) is 0 Å². The zero-order chi connectivity index (χ0) is 9.68. The minimum absolute atomic E-state index is 0.265. The van der Waals surface area contributed by atoms with E-state index in [1.807, 2.05) is 0 Å². The zero-order valence-corrected chi connectivity index (χ0v) is 7.62. The van der Waals surface area contributed by atoms with Crippen LogP contribution in [-0.4, -0.2) is 18.1 Å². The molecule has 2 N–H and O–H groups in total. The van der Waals surface area contributed by atoms with Gasteiger partial charge in [-0.2, -0.15) is 0 Å². The number of halogens is 1. The Morgan fingerprint density at radius 2 is 2.38 bits per heavy atom. The molecule has 1 aromatic rings. The van der Waals surface area contributed by atoms with Crippen LogP contribution in [0.4, 0.5) is 5.69 Å². The van der Waals surface area contributed by atoms with E-state index >= 15 is 0 Å². The van der Waals surface area contributed by atoms with Crippen molar-refractivity contribution in [1.82, 2.24) is 4.98 Å². The van der Waals surface area contributed by atoms with Gasteiger partial charge in [-0.1, -0.05) is 11.6 Å². The van der Waals surface area contributed by atoms with Crippen LogP contribution in [-0.2, 0) is 16.0 Å². The number of carbonyl (C=O) groups is 1. The number of nitrogens with two attached hydrogens (primary N) is 1. The van der Waals surface area contributed by atoms with Gasteiger partial charge in [-0.25, -0.2) is 4.98 Å². The van der Waals surface area contributed by atoms with Crippen molar-refractivity contribution < 1.29 is 9.53 Å². The minimum Gasteiger partial charge on any atom is -0.467 e. The molecule has 0 atom stereocenters. The maximum absolute atomic E-state index is 9.85. The lowest BCUT2D eigenvalue weighted by atomic mass is 10.2. The second-order valence-electron chi connectivity index (χ2n) is 2.39. The fourth-order valence-corrected chi connectivity index (χ4v) is 1.05. The lowest BCUT2D eigenvalue weighted by Crippen LogP contribution is -2.03. The average Bonchev–Trinajstić information content (AvgIpc) is 2.11. The molecule has 0 aromatic carbocycles. The number of pyridine rings is 1. The van der Waals surface area contributed by atoms with Crippen molar-refractivity contribution in [1.29, 1.82) is 0 Å². The van der Waals surface area contributed by atoms with E-state index in [0.717, 1.165) is 0 Å². The summed E-state index contributed by atoms with van der Waals surface area (Å²) in [5, 5.41) is 0.385. The van der Waals surface area contributed by atoms with Gasteiger partial charge in [0.25, 0.3) is 6.47 Å². The molecule has 1 aromatic heterocycles. The first-order valence-electron chi connectivity index (χ1n) is 3.70. The molecule has 0 spiro atoms. The smallest absolute Gasteiger partial charge is 0.293 e. The zero-order valence-electron chi connectivity index (χ0n) is 6.87. The second-order valence-corrected chi connectivity index (χ2v) is 2.77. The summed E-state index contributed by atoms with van der Waals surface area (Å²) in [6.07, 6.45) is 0.477. The van der Waals surface area contributed by atoms with Crippen molar-refractivity contribution >= 4 is 23.8 Å². The largest absolute Gasteiger partial charge is 0.467 e. The fraction of sp³-hybridized carbons (Fsp3) is 0.250. The summed E-state index contributed by atoms with van der Waals surface area (Å²) in [6, 6.07) is 3.28. The third kappa shape index (κ3) is 2.91. The number of rotatable bonds is 4. The molecule has 0 saturated heterocycles. The summed E-state index contributed by atoms with van der Waals surface area (Å²) in [4.78, 5) is 13.8. The Balaban J connectivity index is 2.64. The number of aromatic nitrogens is 1. The standard InChI is InChI=1S/C8H9ClN2O2/c9-8-2-1-6(10)7(11-8)3-4-13-5-12/h1-2,5H,3-4,10H2. The van der Waals surface area contributed by atoms with E-state index in [2.05, 4.69) is 9.72 Å². The topological polar surface area (TPSA) is 65.2 Å². The maximum Gasteiger partial charge on any atom is 0.293 e. The number of hydrogen-bond donors (Lipinski definition) is 1. The summed E-state index contributed by atoms with van der Waals surface area (Å²) in [5.41, 5.74) is 6.81. The van der Waals surface area contributed by atoms with Crippen LogP contribution in [0.25, 0.3) is 0 Å². The van der Waals surface area contributed by atoms with Crippen molar-refractivity contribution in [2.24, 2.45) is 0 Å². The van der Waals surface area contributed by atoms with Gasteiger partial charge in [0.05, 0.1) is 18.0 Å². The molecule has 0 aliphatic carbocycles. The van der Waals surface area contributed by atoms with E-state index in [0.29, 0.717) is 29.4 Å². The third-order valence-electron chi connectivity index (χ3n) is 1.50. The number of nitrogen functional groups attached to an aromatic ring is 1. The molecule has 1 heterocycles. The van der Waals surface area contributed by atoms with Crippen LogP contribution >= 0.6 is 11.6 Å². The molecule has 0 amide bonds. The van der Waals surface area contributed by atoms with Gasteiger partial charge in [0.15, 0.2) is 0 Å². The van der Waals surface area contributed by atoms with Gasteiger partial charge in [0.2, 0.25) is 0 Å². The van der Waals surface area contributed by atoms with E-state index in [1.165, 1.54) is 0 Å². The van der Waals surface area contributed by atoms with Crippen LogP contribution in [0.3, 0.4) is 0 Å². The molecule has 0 bridgehead atoms. The van der Waals surface area contributed by atoms with Crippen molar-refractivity contribution in [2.75, 3.05) is 12.3 Å². The van der Waals surface area contributed by atoms with Crippen molar-refractivity contribution in [3.8, 4) is 0 Å². The lowest BCUT2D eigenvalue weighted by molar-refractivity contribution is -0.128. The van der Waals surface area contributed by atoms with Crippen LogP contribution in [0.1, 0.15) is 5.69 Å². The highest BCUT2D eigenvalue weighted by atomic mass is 35.5. The molecule has 70 valence electrons. The van der Waals surface area contributed by atoms with Gasteiger partial charge in [-0.15, -0.1) is 0 Å². The van der Waals surface area contributed by atoms with Crippen LogP contribution in [0.15, 0.2) is 12.1 Å². The van der Waals surface area contributed by atoms with E-state index in [4.69, 9.17) is 17.3 Å². The predicted molar refractivity (Wildman–Crippen MR) is 49.4 cm³/mol. The molecule has 0 fully saturated rings. The molecule has 1 rings (SSSR count). The molecule has 13 heavy (non-hydrogen) atoms. The monoisotopic (exact) mass is 200 g/mol. The molecule has 5 heteroatoms. The average molecular weight is 201 g/mol. The van der Waals surface area contributed by atoms with Gasteiger partial charge in [-0.05, 0) is 12.1 Å². The molecular formula is C8H9ClN2O2. The van der Waals surface area contributed by atoms with Crippen LogP contribution in [0.5, 0.6) is 0 Å². The quantitative estimate of drug-likeness (QED) is 0.448. The first kappa shape index (κ1) is 9.80. The highest BCUT2D eigenvalue weighted by Gasteiger charge is 2.01. The van der Waals surface area contributed by atoms with Gasteiger partial charge in [-0.3, -0.25) is 4.79 Å². The van der Waals surface area contributed by atoms with E-state index < -0.39 is 0 Å². The van der Waals surface area contributed by atoms with E-state index in [1.54, 1.807) is 12.1 Å². The van der Waals surface area contributed by atoms with Crippen molar-refractivity contribution in [2.45, 2.75) is 6.42 Å². The first-order valence-corrected chi connectivity index (χ1v) is 4.08. The number of ether oxygens (including phenoxy) is 1. The number of nitrogens with zero attached hydrogens (tertiary/aromatic N) is 1. The van der Waals surface area contributed by atoms with E-state index in [9.17, 15) is 4.79 Å². The minimum atomic E-state index is 0.265. The summed E-state index contributed by atoms with van der Waals surface area (Å²) in [5.74, 6) is 0. The van der Waals surface area contributed by atoms with Crippen LogP contribution in [0.2, 0.25) is 5.15 Å². The summed E-state index contributed by atoms with van der Waals surface area (Å²) >= 11 is 5.65. The van der Waals surface area contributed by atoms with Gasteiger partial charge < -0.3 is 10.5 Å². The molecule has 0 aliphatic heterocycles. The normalized spacial score (nSPS) is 9.62. The number of hydrogen-bond acceptors (Lipinski definition) is 4. The fourth-order valence-electron chi connectivity index (χ4n) is 0.889. The lowest BCUT2D eigenvalue weighted by Gasteiger charge is -2.03. The van der Waals surface area contributed by atoms with E-state index in [-0.39, 0.29) is 6.61 Å². The molecule has 0 radical (unpaired) electrons.